The number of nitrogens with one attached hydrogen (secondary N) is 1. The molecule has 192 valence electrons. The number of benzene rings is 2. The van der Waals surface area contributed by atoms with E-state index in [9.17, 15) is 9.90 Å². The Labute approximate surface area is 217 Å². The summed E-state index contributed by atoms with van der Waals surface area (Å²) >= 11 is 0. The van der Waals surface area contributed by atoms with Gasteiger partial charge in [0.05, 0.1) is 18.2 Å². The van der Waals surface area contributed by atoms with Gasteiger partial charge in [-0.1, -0.05) is 6.58 Å². The highest BCUT2D eigenvalue weighted by Crippen LogP contribution is 2.37. The zero-order valence-corrected chi connectivity index (χ0v) is 21.0. The fraction of sp³-hybridized carbons (Fsp3) is 0.148. The molecule has 0 aliphatic rings. The van der Waals surface area contributed by atoms with Crippen molar-refractivity contribution in [2.45, 2.75) is 19.4 Å². The maximum Gasteiger partial charge on any atom is 0.248 e. The number of ether oxygens (including phenoxy) is 2. The minimum absolute atomic E-state index is 0.0987. The van der Waals surface area contributed by atoms with E-state index in [0.717, 1.165) is 0 Å². The summed E-state index contributed by atoms with van der Waals surface area (Å²) in [5.74, 6) is 1.29. The molecule has 5 rings (SSSR count). The van der Waals surface area contributed by atoms with E-state index < -0.39 is 11.5 Å². The molecular weight excluding hydrogens is 486 g/mol. The van der Waals surface area contributed by atoms with Gasteiger partial charge >= 0.3 is 0 Å². The monoisotopic (exact) mass is 511 g/mol. The van der Waals surface area contributed by atoms with Crippen LogP contribution in [0.1, 0.15) is 25.0 Å². The second-order valence-corrected chi connectivity index (χ2v) is 9.05. The Hall–Kier alpha value is -5.03. The lowest BCUT2D eigenvalue weighted by Gasteiger charge is -2.23. The van der Waals surface area contributed by atoms with Gasteiger partial charge in [-0.2, -0.15) is 5.10 Å². The average molecular weight is 512 g/mol. The van der Waals surface area contributed by atoms with E-state index >= 15 is 0 Å². The number of pyridine rings is 1. The molecule has 0 atom stereocenters. The fourth-order valence-electron chi connectivity index (χ4n) is 4.05. The van der Waals surface area contributed by atoms with Crippen molar-refractivity contribution in [1.82, 2.24) is 24.6 Å². The largest absolute Gasteiger partial charge is 0.496 e. The summed E-state index contributed by atoms with van der Waals surface area (Å²) in [6.07, 6.45) is 4.63. The molecule has 0 bridgehead atoms. The molecule has 0 saturated heterocycles. The summed E-state index contributed by atoms with van der Waals surface area (Å²) in [6, 6.07) is 12.2. The van der Waals surface area contributed by atoms with Crippen LogP contribution in [0.15, 0.2) is 67.9 Å². The second-order valence-electron chi connectivity index (χ2n) is 9.05. The number of carbonyl (C=O) groups is 1. The smallest absolute Gasteiger partial charge is 0.248 e. The Kier molecular flexibility index (Phi) is 6.13. The molecule has 0 radical (unpaired) electrons. The molecule has 3 aromatic heterocycles. The SMILES string of the molecule is C=C(C(N)=O)c1cc2c(Nc3ccc(Oc4ccn5ncnc5c4)cc3C(C)(C)O)ncnc2cc1OC. The topological polar surface area (TPSA) is 150 Å². The molecule has 5 aromatic rings. The Morgan fingerprint density at radius 2 is 1.87 bits per heavy atom. The summed E-state index contributed by atoms with van der Waals surface area (Å²) in [4.78, 5) is 24.7. The Morgan fingerprint density at radius 1 is 1.08 bits per heavy atom. The molecule has 1 amide bonds. The number of aromatic nitrogens is 5. The number of fused-ring (bicyclic) bond motifs is 2. The summed E-state index contributed by atoms with van der Waals surface area (Å²) in [7, 11) is 1.49. The van der Waals surface area contributed by atoms with Gasteiger partial charge in [0, 0.05) is 46.1 Å². The Balaban J connectivity index is 1.54. The lowest BCUT2D eigenvalue weighted by Crippen LogP contribution is -2.18. The Morgan fingerprint density at radius 3 is 2.61 bits per heavy atom. The highest BCUT2D eigenvalue weighted by molar-refractivity contribution is 6.19. The fourth-order valence-corrected chi connectivity index (χ4v) is 4.05. The number of carbonyl (C=O) groups excluding carboxylic acids is 1. The van der Waals surface area contributed by atoms with Crippen molar-refractivity contribution < 1.29 is 19.4 Å². The lowest BCUT2D eigenvalue weighted by molar-refractivity contribution is -0.112. The number of hydrogen-bond acceptors (Lipinski definition) is 9. The highest BCUT2D eigenvalue weighted by Gasteiger charge is 2.23. The number of amides is 1. The first-order chi connectivity index (χ1) is 18.1. The van der Waals surface area contributed by atoms with Crippen molar-refractivity contribution >= 4 is 39.5 Å². The summed E-state index contributed by atoms with van der Waals surface area (Å²) in [5, 5.41) is 19.0. The first-order valence-electron chi connectivity index (χ1n) is 11.6. The second kappa shape index (κ2) is 9.45. The predicted octanol–water partition coefficient (Wildman–Crippen LogP) is 3.94. The van der Waals surface area contributed by atoms with Gasteiger partial charge in [-0.15, -0.1) is 0 Å². The molecule has 38 heavy (non-hydrogen) atoms. The van der Waals surface area contributed by atoms with Crippen LogP contribution in [0.2, 0.25) is 0 Å². The molecule has 0 spiro atoms. The van der Waals surface area contributed by atoms with Crippen LogP contribution in [0.3, 0.4) is 0 Å². The normalized spacial score (nSPS) is 11.5. The van der Waals surface area contributed by atoms with Gasteiger partial charge in [0.25, 0.3) is 0 Å². The number of hydrogen-bond donors (Lipinski definition) is 3. The van der Waals surface area contributed by atoms with Crippen LogP contribution in [0.5, 0.6) is 17.2 Å². The molecule has 3 heterocycles. The molecule has 2 aromatic carbocycles. The predicted molar refractivity (Wildman–Crippen MR) is 142 cm³/mol. The van der Waals surface area contributed by atoms with E-state index in [1.54, 1.807) is 67.0 Å². The van der Waals surface area contributed by atoms with Gasteiger partial charge < -0.3 is 25.6 Å². The number of aliphatic hydroxyl groups is 1. The number of anilines is 2. The molecule has 4 N–H and O–H groups in total. The third-order valence-corrected chi connectivity index (χ3v) is 5.97. The van der Waals surface area contributed by atoms with Gasteiger partial charge in [-0.3, -0.25) is 4.79 Å². The zero-order chi connectivity index (χ0) is 27.0. The van der Waals surface area contributed by atoms with E-state index in [-0.39, 0.29) is 5.57 Å². The molecule has 0 fully saturated rings. The minimum atomic E-state index is -1.23. The molecular formula is C27H25N7O4. The molecule has 0 unspecified atom stereocenters. The van der Waals surface area contributed by atoms with Crippen LogP contribution < -0.4 is 20.5 Å². The number of rotatable bonds is 8. The van der Waals surface area contributed by atoms with Crippen LogP contribution in [0, 0.1) is 0 Å². The number of nitrogens with two attached hydrogens (primary N) is 1. The number of primary amides is 1. The molecule has 0 aliphatic carbocycles. The van der Waals surface area contributed by atoms with Crippen LogP contribution in [-0.2, 0) is 10.4 Å². The first-order valence-corrected chi connectivity index (χ1v) is 11.6. The summed E-state index contributed by atoms with van der Waals surface area (Å²) < 4.78 is 13.1. The van der Waals surface area contributed by atoms with Crippen molar-refractivity contribution in [3.8, 4) is 17.2 Å². The van der Waals surface area contributed by atoms with Crippen LogP contribution in [0.4, 0.5) is 11.5 Å². The third-order valence-electron chi connectivity index (χ3n) is 5.97. The van der Waals surface area contributed by atoms with E-state index in [1.165, 1.54) is 19.8 Å². The molecule has 11 heteroatoms. The number of methoxy groups -OCH3 is 1. The van der Waals surface area contributed by atoms with Gasteiger partial charge in [0.15, 0.2) is 5.65 Å². The van der Waals surface area contributed by atoms with Gasteiger partial charge in [-0.05, 0) is 44.2 Å². The lowest BCUT2D eigenvalue weighted by atomic mass is 9.96. The maximum absolute atomic E-state index is 11.8. The van der Waals surface area contributed by atoms with Gasteiger partial charge in [0.2, 0.25) is 5.91 Å². The van der Waals surface area contributed by atoms with Crippen LogP contribution in [0.25, 0.3) is 22.1 Å². The number of nitrogens with zero attached hydrogens (tertiary/aromatic N) is 5. The summed E-state index contributed by atoms with van der Waals surface area (Å²) in [5.41, 5.74) is 7.17. The van der Waals surface area contributed by atoms with Gasteiger partial charge in [0.1, 0.15) is 35.7 Å². The molecule has 0 saturated carbocycles. The van der Waals surface area contributed by atoms with E-state index in [0.29, 0.717) is 56.4 Å². The van der Waals surface area contributed by atoms with Gasteiger partial charge in [-0.25, -0.2) is 19.5 Å². The van der Waals surface area contributed by atoms with Crippen LogP contribution >= 0.6 is 0 Å². The Bertz CT molecular complexity index is 1710. The van der Waals surface area contributed by atoms with Crippen molar-refractivity contribution in [2.24, 2.45) is 5.73 Å². The molecule has 0 aliphatic heterocycles. The van der Waals surface area contributed by atoms with Crippen molar-refractivity contribution in [2.75, 3.05) is 12.4 Å². The summed E-state index contributed by atoms with van der Waals surface area (Å²) in [6.45, 7) is 7.14. The maximum atomic E-state index is 11.8. The molecule has 11 nitrogen and oxygen atoms in total. The highest BCUT2D eigenvalue weighted by atomic mass is 16.5. The zero-order valence-electron chi connectivity index (χ0n) is 21.0. The van der Waals surface area contributed by atoms with Crippen molar-refractivity contribution in [3.63, 3.8) is 0 Å². The minimum Gasteiger partial charge on any atom is -0.496 e. The van der Waals surface area contributed by atoms with Crippen LogP contribution in [-0.4, -0.2) is 42.7 Å². The van der Waals surface area contributed by atoms with E-state index in [1.807, 2.05) is 0 Å². The quantitative estimate of drug-likeness (QED) is 0.263. The first kappa shape index (κ1) is 24.7. The van der Waals surface area contributed by atoms with Crippen molar-refractivity contribution in [1.29, 1.82) is 0 Å². The van der Waals surface area contributed by atoms with E-state index in [2.05, 4.69) is 31.9 Å². The average Bonchev–Trinajstić information content (AvgIpc) is 3.36. The third kappa shape index (κ3) is 4.70. The van der Waals surface area contributed by atoms with E-state index in [4.69, 9.17) is 15.2 Å². The van der Waals surface area contributed by atoms with Crippen molar-refractivity contribution in [3.05, 3.63) is 79.0 Å². The standard InChI is InChI=1S/C27H25N7O4/c1-15(25(28)35)18-11-19-22(12-23(18)37-4)29-13-31-26(19)33-21-6-5-16(9-20(21)27(2,3)36)38-17-7-8-34-24(10-17)30-14-32-34/h5-14,36H,1H2,2-4H3,(H2,28,35)(H,29,31,33).